The van der Waals surface area contributed by atoms with Crippen molar-refractivity contribution in [2.24, 2.45) is 0 Å². The van der Waals surface area contributed by atoms with Crippen LogP contribution in [-0.2, 0) is 4.74 Å². The molecule has 0 aliphatic heterocycles. The molecular formula is C43H50N14O2. The molecule has 8 aromatic rings. The zero-order valence-electron chi connectivity index (χ0n) is 34.5. The number of ether oxygens (including phenoxy) is 1. The van der Waals surface area contributed by atoms with Crippen LogP contribution >= 0.6 is 0 Å². The number of carbonyl (C=O) groups is 1. The largest absolute Gasteiger partial charge is 0.444 e. The number of H-pyrrole nitrogens is 2. The van der Waals surface area contributed by atoms with Crippen LogP contribution in [0.2, 0.25) is 0 Å². The van der Waals surface area contributed by atoms with Crippen LogP contribution in [-0.4, -0.2) is 103 Å². The van der Waals surface area contributed by atoms with Gasteiger partial charge in [-0.15, -0.1) is 0 Å². The van der Waals surface area contributed by atoms with E-state index in [4.69, 9.17) is 4.74 Å². The summed E-state index contributed by atoms with van der Waals surface area (Å²) in [7, 11) is 3.74. The lowest BCUT2D eigenvalue weighted by Crippen LogP contribution is -2.35. The van der Waals surface area contributed by atoms with Gasteiger partial charge in [-0.25, -0.2) is 44.1 Å². The first kappa shape index (κ1) is 40.4. The summed E-state index contributed by atoms with van der Waals surface area (Å²) in [5.74, 6) is 2.26. The minimum absolute atomic E-state index is 0.245. The number of nitrogens with zero attached hydrogens (tertiary/aromatic N) is 11. The average molecular weight is 795 g/mol. The van der Waals surface area contributed by atoms with Gasteiger partial charge in [0.2, 0.25) is 0 Å². The number of imidazole rings is 2. The molecule has 304 valence electrons. The molecule has 0 radical (unpaired) electrons. The fourth-order valence-corrected chi connectivity index (χ4v) is 6.51. The molecule has 0 spiro atoms. The smallest absolute Gasteiger partial charge is 0.410 e. The lowest BCUT2D eigenvalue weighted by molar-refractivity contribution is 0.0295. The van der Waals surface area contributed by atoms with E-state index < -0.39 is 5.60 Å². The van der Waals surface area contributed by atoms with E-state index in [9.17, 15) is 4.79 Å². The number of aromatic nitrogens is 12. The number of pyridine rings is 4. The van der Waals surface area contributed by atoms with Crippen LogP contribution < -0.4 is 5.32 Å². The van der Waals surface area contributed by atoms with E-state index in [0.29, 0.717) is 23.8 Å². The predicted octanol–water partition coefficient (Wildman–Crippen LogP) is 7.48. The summed E-state index contributed by atoms with van der Waals surface area (Å²) in [6, 6.07) is 12.1. The highest BCUT2D eigenvalue weighted by Gasteiger charge is 2.20. The first-order valence-corrected chi connectivity index (χ1v) is 19.6. The maximum Gasteiger partial charge on any atom is 0.410 e. The third kappa shape index (κ3) is 9.67. The molecule has 1 amide bonds. The van der Waals surface area contributed by atoms with Gasteiger partial charge in [-0.2, -0.15) is 10.2 Å². The maximum atomic E-state index is 12.1. The summed E-state index contributed by atoms with van der Waals surface area (Å²) >= 11 is 0. The van der Waals surface area contributed by atoms with Crippen molar-refractivity contribution in [1.29, 1.82) is 0 Å². The quantitative estimate of drug-likeness (QED) is 0.111. The van der Waals surface area contributed by atoms with Crippen molar-refractivity contribution >= 4 is 28.4 Å². The molecule has 0 fully saturated rings. The van der Waals surface area contributed by atoms with Crippen LogP contribution in [0.25, 0.3) is 56.2 Å². The van der Waals surface area contributed by atoms with Gasteiger partial charge in [-0.1, -0.05) is 26.0 Å². The van der Waals surface area contributed by atoms with Gasteiger partial charge in [0.25, 0.3) is 0 Å². The van der Waals surface area contributed by atoms with Crippen LogP contribution in [0.4, 0.5) is 4.79 Å². The molecule has 0 saturated carbocycles. The highest BCUT2D eigenvalue weighted by atomic mass is 16.6. The highest BCUT2D eigenvalue weighted by Crippen LogP contribution is 2.28. The Labute approximate surface area is 342 Å². The topological polar surface area (TPSA) is 186 Å². The molecule has 8 heterocycles. The summed E-state index contributed by atoms with van der Waals surface area (Å²) in [4.78, 5) is 46.2. The summed E-state index contributed by atoms with van der Waals surface area (Å²) in [5, 5.41) is 12.1. The zero-order valence-corrected chi connectivity index (χ0v) is 34.5. The molecule has 3 N–H and O–H groups in total. The number of rotatable bonds is 12. The van der Waals surface area contributed by atoms with E-state index >= 15 is 0 Å². The molecule has 0 saturated heterocycles. The Morgan fingerprint density at radius 1 is 0.729 bits per heavy atom. The van der Waals surface area contributed by atoms with Gasteiger partial charge in [0.05, 0.1) is 36.1 Å². The first-order chi connectivity index (χ1) is 28.5. The third-order valence-corrected chi connectivity index (χ3v) is 10.0. The fourth-order valence-electron chi connectivity index (χ4n) is 6.51. The Kier molecular flexibility index (Phi) is 12.2. The number of amides is 1. The van der Waals surface area contributed by atoms with Gasteiger partial charge in [0.15, 0.2) is 22.9 Å². The fraction of sp³-hybridized carbons (Fsp3) is 0.326. The van der Waals surface area contributed by atoms with E-state index in [-0.39, 0.29) is 12.0 Å². The Hall–Kier alpha value is -6.81. The van der Waals surface area contributed by atoms with Crippen LogP contribution in [0.5, 0.6) is 0 Å². The third-order valence-electron chi connectivity index (χ3n) is 10.0. The van der Waals surface area contributed by atoms with E-state index in [1.807, 2.05) is 83.1 Å². The normalized spacial score (nSPS) is 12.6. The van der Waals surface area contributed by atoms with Crippen molar-refractivity contribution in [1.82, 2.24) is 69.6 Å². The second kappa shape index (κ2) is 17.8. The zero-order chi connectivity index (χ0) is 41.5. The number of nitrogens with one attached hydrogen (secondary N) is 3. The molecule has 8 aromatic heterocycles. The molecule has 59 heavy (non-hydrogen) atoms. The van der Waals surface area contributed by atoms with Crippen molar-refractivity contribution in [2.75, 3.05) is 27.2 Å². The van der Waals surface area contributed by atoms with Crippen LogP contribution in [0.3, 0.4) is 0 Å². The number of hydrogen-bond acceptors (Lipinski definition) is 11. The highest BCUT2D eigenvalue weighted by molar-refractivity contribution is 5.89. The van der Waals surface area contributed by atoms with Gasteiger partial charge < -0.3 is 24.9 Å². The molecule has 2 unspecified atom stereocenters. The van der Waals surface area contributed by atoms with Gasteiger partial charge in [-0.05, 0) is 94.4 Å². The summed E-state index contributed by atoms with van der Waals surface area (Å²) < 4.78 is 8.96. The van der Waals surface area contributed by atoms with E-state index in [0.717, 1.165) is 69.9 Å². The van der Waals surface area contributed by atoms with Crippen LogP contribution in [0.1, 0.15) is 70.4 Å². The van der Waals surface area contributed by atoms with Crippen molar-refractivity contribution in [3.8, 4) is 33.9 Å². The van der Waals surface area contributed by atoms with E-state index in [1.165, 1.54) is 5.56 Å². The molecule has 0 aliphatic carbocycles. The van der Waals surface area contributed by atoms with Gasteiger partial charge >= 0.3 is 6.09 Å². The van der Waals surface area contributed by atoms with E-state index in [2.05, 4.69) is 81.4 Å². The second-order valence-electron chi connectivity index (χ2n) is 15.6. The molecular weight excluding hydrogens is 745 g/mol. The summed E-state index contributed by atoms with van der Waals surface area (Å²) in [6.07, 6.45) is 19.8. The van der Waals surface area contributed by atoms with Gasteiger partial charge in [-0.3, -0.25) is 0 Å². The number of fused-ring (bicyclic) bond motifs is 2. The van der Waals surface area contributed by atoms with Crippen LogP contribution in [0, 0.1) is 0 Å². The number of hydrogen-bond donors (Lipinski definition) is 3. The Bertz CT molecular complexity index is 2600. The summed E-state index contributed by atoms with van der Waals surface area (Å²) in [5.41, 5.74) is 8.98. The molecule has 0 aliphatic rings. The predicted molar refractivity (Wildman–Crippen MR) is 227 cm³/mol. The lowest BCUT2D eigenvalue weighted by atomic mass is 9.99. The molecule has 8 rings (SSSR count). The molecule has 0 bridgehead atoms. The van der Waals surface area contributed by atoms with Crippen molar-refractivity contribution in [3.05, 3.63) is 110 Å². The molecule has 0 aromatic carbocycles. The lowest BCUT2D eigenvalue weighted by Gasteiger charge is -2.25. The van der Waals surface area contributed by atoms with Gasteiger partial charge in [0.1, 0.15) is 5.60 Å². The molecule has 16 heteroatoms. The SMILES string of the molecule is CC(CCN(C)C(=O)OC(C)(C)C)c1ccc(-n2cc(-c3ccnc4nc[nH]c34)cn2)nc1.CNCCC(C)c1ccc(-n2cc(-c3ccnc4nc[nH]c34)cn2)nc1. The van der Waals surface area contributed by atoms with Crippen molar-refractivity contribution in [2.45, 2.75) is 64.9 Å². The van der Waals surface area contributed by atoms with Crippen molar-refractivity contribution < 1.29 is 9.53 Å². The first-order valence-electron chi connectivity index (χ1n) is 19.6. The van der Waals surface area contributed by atoms with Crippen LogP contribution in [0.15, 0.2) is 98.6 Å². The average Bonchev–Trinajstić information content (AvgIpc) is 4.09. The minimum atomic E-state index is -0.495. The monoisotopic (exact) mass is 794 g/mol. The van der Waals surface area contributed by atoms with E-state index in [1.54, 1.807) is 52.6 Å². The molecule has 16 nitrogen and oxygen atoms in total. The Morgan fingerprint density at radius 3 is 1.69 bits per heavy atom. The number of carbonyl (C=O) groups excluding carboxylic acids is 1. The second-order valence-corrected chi connectivity index (χ2v) is 15.6. The standard InChI is InChI=1S/C24H29N7O2.C19H21N7/c1-16(9-11-30(5)23(32)33-24(2,3)4)17-6-7-20(26-12-17)31-14-18(13-29-31)19-8-10-25-22-21(19)27-15-28-22;1-13(5-7-20-2)14-3-4-17(22-9-14)26-11-15(10-25-26)16-6-8-21-19-18(16)23-12-24-19/h6-8,10,12-16H,9,11H2,1-5H3,(H,25,27,28);3-4,6,8-13,20H,5,7H2,1-2H3,(H,21,23,24). The van der Waals surface area contributed by atoms with Gasteiger partial charge in [0, 0.05) is 73.0 Å². The van der Waals surface area contributed by atoms with Crippen molar-refractivity contribution in [3.63, 3.8) is 0 Å². The minimum Gasteiger partial charge on any atom is -0.444 e. The number of aromatic amines is 2. The Balaban J connectivity index is 0.000000184. The molecule has 2 atom stereocenters. The Morgan fingerprint density at radius 2 is 1.24 bits per heavy atom. The maximum absolute atomic E-state index is 12.1. The summed E-state index contributed by atoms with van der Waals surface area (Å²) in [6.45, 7) is 11.6.